The molecule has 112 valence electrons. The minimum Gasteiger partial charge on any atom is -0.377 e. The molecule has 1 heterocycles. The van der Waals surface area contributed by atoms with Gasteiger partial charge in [-0.3, -0.25) is 0 Å². The number of rotatable bonds is 7. The summed E-state index contributed by atoms with van der Waals surface area (Å²) in [6, 6.07) is 9.65. The predicted molar refractivity (Wildman–Crippen MR) is 87.1 cm³/mol. The fourth-order valence-corrected chi connectivity index (χ4v) is 2.65. The van der Waals surface area contributed by atoms with Gasteiger partial charge in [0.25, 0.3) is 0 Å². The highest BCUT2D eigenvalue weighted by molar-refractivity contribution is 7.99. The van der Waals surface area contributed by atoms with Gasteiger partial charge in [0.05, 0.1) is 0 Å². The minimum atomic E-state index is 0.399. The zero-order chi connectivity index (χ0) is 15.1. The highest BCUT2D eigenvalue weighted by Gasteiger charge is 2.06. The van der Waals surface area contributed by atoms with Crippen molar-refractivity contribution >= 4 is 29.2 Å². The molecular formula is C15H18ClN3OS. The lowest BCUT2D eigenvalue weighted by Gasteiger charge is -2.09. The standard InChI is InChI=1S/C15H18ClN3OS/c1-3-8-17-13-9-15(19-14(18-13)10-20-2)21-12-6-4-11(16)5-7-12/h4-7,9H,3,8,10H2,1-2H3,(H,17,18,19). The summed E-state index contributed by atoms with van der Waals surface area (Å²) in [4.78, 5) is 10.0. The van der Waals surface area contributed by atoms with E-state index in [0.717, 1.165) is 33.7 Å². The number of hydrogen-bond acceptors (Lipinski definition) is 5. The van der Waals surface area contributed by atoms with Gasteiger partial charge in [-0.15, -0.1) is 0 Å². The van der Waals surface area contributed by atoms with Crippen molar-refractivity contribution in [3.8, 4) is 0 Å². The molecule has 0 unspecified atom stereocenters. The van der Waals surface area contributed by atoms with Crippen molar-refractivity contribution in [2.24, 2.45) is 0 Å². The lowest BCUT2D eigenvalue weighted by atomic mass is 10.4. The summed E-state index contributed by atoms with van der Waals surface area (Å²) in [6.07, 6.45) is 1.04. The Hall–Kier alpha value is -1.30. The van der Waals surface area contributed by atoms with Gasteiger partial charge in [-0.1, -0.05) is 30.3 Å². The van der Waals surface area contributed by atoms with Crippen LogP contribution in [0.1, 0.15) is 19.2 Å². The van der Waals surface area contributed by atoms with Gasteiger partial charge in [-0.2, -0.15) is 0 Å². The minimum absolute atomic E-state index is 0.399. The zero-order valence-electron chi connectivity index (χ0n) is 12.1. The van der Waals surface area contributed by atoms with Gasteiger partial charge in [0.1, 0.15) is 17.5 Å². The first-order chi connectivity index (χ1) is 10.2. The lowest BCUT2D eigenvalue weighted by Crippen LogP contribution is -2.06. The van der Waals surface area contributed by atoms with Crippen LogP contribution in [0.4, 0.5) is 5.82 Å². The summed E-state index contributed by atoms with van der Waals surface area (Å²) in [6.45, 7) is 3.40. The third-order valence-corrected chi connectivity index (χ3v) is 3.79. The average molecular weight is 324 g/mol. The molecule has 0 radical (unpaired) electrons. The summed E-state index contributed by atoms with van der Waals surface area (Å²) in [5.41, 5.74) is 0. The maximum absolute atomic E-state index is 5.90. The van der Waals surface area contributed by atoms with Gasteiger partial charge >= 0.3 is 0 Å². The Kier molecular flexibility index (Phi) is 6.29. The van der Waals surface area contributed by atoms with E-state index >= 15 is 0 Å². The molecule has 0 fully saturated rings. The molecule has 0 saturated heterocycles. The van der Waals surface area contributed by atoms with Crippen molar-refractivity contribution < 1.29 is 4.74 Å². The zero-order valence-corrected chi connectivity index (χ0v) is 13.7. The second-order valence-electron chi connectivity index (χ2n) is 4.42. The summed E-state index contributed by atoms with van der Waals surface area (Å²) < 4.78 is 5.13. The number of methoxy groups -OCH3 is 1. The lowest BCUT2D eigenvalue weighted by molar-refractivity contribution is 0.177. The van der Waals surface area contributed by atoms with Crippen molar-refractivity contribution in [2.75, 3.05) is 19.0 Å². The molecule has 0 aliphatic rings. The first-order valence-corrected chi connectivity index (χ1v) is 7.95. The number of benzene rings is 1. The summed E-state index contributed by atoms with van der Waals surface area (Å²) >= 11 is 7.48. The number of hydrogen-bond donors (Lipinski definition) is 1. The molecule has 0 atom stereocenters. The van der Waals surface area contributed by atoms with Crippen LogP contribution in [0, 0.1) is 0 Å². The molecule has 1 aromatic heterocycles. The summed E-state index contributed by atoms with van der Waals surface area (Å²) in [7, 11) is 1.64. The van der Waals surface area contributed by atoms with Crippen molar-refractivity contribution in [2.45, 2.75) is 29.9 Å². The molecule has 1 N–H and O–H groups in total. The molecule has 4 nitrogen and oxygen atoms in total. The molecule has 21 heavy (non-hydrogen) atoms. The van der Waals surface area contributed by atoms with E-state index in [-0.39, 0.29) is 0 Å². The molecule has 0 spiro atoms. The second kappa shape index (κ2) is 8.22. The third kappa shape index (κ3) is 5.19. The maximum Gasteiger partial charge on any atom is 0.157 e. The molecule has 0 aliphatic heterocycles. The van der Waals surface area contributed by atoms with Gasteiger partial charge < -0.3 is 10.1 Å². The first kappa shape index (κ1) is 16.1. The quantitative estimate of drug-likeness (QED) is 0.772. The van der Waals surface area contributed by atoms with E-state index in [1.54, 1.807) is 18.9 Å². The second-order valence-corrected chi connectivity index (χ2v) is 5.95. The summed E-state index contributed by atoms with van der Waals surface area (Å²) in [5.74, 6) is 1.51. The van der Waals surface area contributed by atoms with E-state index < -0.39 is 0 Å². The molecule has 2 aromatic rings. The number of aromatic nitrogens is 2. The van der Waals surface area contributed by atoms with Crippen molar-refractivity contribution in [3.63, 3.8) is 0 Å². The van der Waals surface area contributed by atoms with E-state index in [9.17, 15) is 0 Å². The Morgan fingerprint density at radius 3 is 2.67 bits per heavy atom. The van der Waals surface area contributed by atoms with Crippen LogP contribution in [-0.4, -0.2) is 23.6 Å². The molecule has 0 amide bonds. The molecule has 1 aromatic carbocycles. The Labute approximate surface area is 134 Å². The Morgan fingerprint density at radius 1 is 1.24 bits per heavy atom. The van der Waals surface area contributed by atoms with Crippen LogP contribution in [0.15, 0.2) is 40.3 Å². The third-order valence-electron chi connectivity index (χ3n) is 2.61. The van der Waals surface area contributed by atoms with Gasteiger partial charge in [-0.05, 0) is 30.7 Å². The van der Waals surface area contributed by atoms with Crippen molar-refractivity contribution in [3.05, 3.63) is 41.2 Å². The summed E-state index contributed by atoms with van der Waals surface area (Å²) in [5, 5.41) is 4.90. The fourth-order valence-electron chi connectivity index (χ4n) is 1.69. The first-order valence-electron chi connectivity index (χ1n) is 6.75. The van der Waals surface area contributed by atoms with E-state index in [0.29, 0.717) is 12.4 Å². The van der Waals surface area contributed by atoms with Gasteiger partial charge in [0.15, 0.2) is 5.82 Å². The van der Waals surface area contributed by atoms with Gasteiger partial charge in [-0.25, -0.2) is 9.97 Å². The van der Waals surface area contributed by atoms with Gasteiger partial charge in [0, 0.05) is 29.6 Å². The van der Waals surface area contributed by atoms with E-state index in [2.05, 4.69) is 22.2 Å². The van der Waals surface area contributed by atoms with E-state index in [1.807, 2.05) is 30.3 Å². The number of ether oxygens (including phenoxy) is 1. The van der Waals surface area contributed by atoms with E-state index in [1.165, 1.54) is 0 Å². The SMILES string of the molecule is CCCNc1cc(Sc2ccc(Cl)cc2)nc(COC)n1. The number of halogens is 1. The van der Waals surface area contributed by atoms with Crippen molar-refractivity contribution in [1.29, 1.82) is 0 Å². The highest BCUT2D eigenvalue weighted by atomic mass is 35.5. The molecule has 2 rings (SSSR count). The van der Waals surface area contributed by atoms with Crippen LogP contribution in [0.2, 0.25) is 5.02 Å². The molecule has 6 heteroatoms. The molecule has 0 bridgehead atoms. The van der Waals surface area contributed by atoms with E-state index in [4.69, 9.17) is 16.3 Å². The van der Waals surface area contributed by atoms with Gasteiger partial charge in [0.2, 0.25) is 0 Å². The normalized spacial score (nSPS) is 10.6. The average Bonchev–Trinajstić information content (AvgIpc) is 2.48. The van der Waals surface area contributed by atoms with Crippen LogP contribution < -0.4 is 5.32 Å². The topological polar surface area (TPSA) is 47.0 Å². The fraction of sp³-hybridized carbons (Fsp3) is 0.333. The monoisotopic (exact) mass is 323 g/mol. The Morgan fingerprint density at radius 2 is 2.00 bits per heavy atom. The van der Waals surface area contributed by atoms with Crippen LogP contribution in [-0.2, 0) is 11.3 Å². The van der Waals surface area contributed by atoms with Crippen LogP contribution in [0.25, 0.3) is 0 Å². The number of nitrogens with zero attached hydrogens (tertiary/aromatic N) is 2. The Balaban J connectivity index is 2.19. The molecular weight excluding hydrogens is 306 g/mol. The van der Waals surface area contributed by atoms with Crippen LogP contribution in [0.3, 0.4) is 0 Å². The number of nitrogens with one attached hydrogen (secondary N) is 1. The predicted octanol–water partition coefficient (Wildman–Crippen LogP) is 4.25. The molecule has 0 saturated carbocycles. The largest absolute Gasteiger partial charge is 0.377 e. The Bertz CT molecular complexity index is 578. The van der Waals surface area contributed by atoms with Crippen molar-refractivity contribution in [1.82, 2.24) is 9.97 Å². The van der Waals surface area contributed by atoms with Crippen LogP contribution >= 0.6 is 23.4 Å². The highest BCUT2D eigenvalue weighted by Crippen LogP contribution is 2.28. The smallest absolute Gasteiger partial charge is 0.157 e. The van der Waals surface area contributed by atoms with Crippen LogP contribution in [0.5, 0.6) is 0 Å². The maximum atomic E-state index is 5.90. The molecule has 0 aliphatic carbocycles. The number of anilines is 1.